The largest absolute Gasteiger partial charge is 0.393 e. The van der Waals surface area contributed by atoms with Crippen LogP contribution in [0.2, 0.25) is 0 Å². The first kappa shape index (κ1) is 10.6. The smallest absolute Gasteiger partial charge is 0.126 e. The summed E-state index contributed by atoms with van der Waals surface area (Å²) >= 11 is 0. The van der Waals surface area contributed by atoms with Gasteiger partial charge in [-0.1, -0.05) is 17.7 Å². The summed E-state index contributed by atoms with van der Waals surface area (Å²) in [5.74, 6) is 0.335. The van der Waals surface area contributed by atoms with E-state index in [0.717, 1.165) is 24.0 Å². The molecule has 1 saturated carbocycles. The summed E-state index contributed by atoms with van der Waals surface area (Å²) in [5, 5.41) is 9.69. The Hall–Kier alpha value is -0.890. The van der Waals surface area contributed by atoms with Crippen molar-refractivity contribution in [3.05, 3.63) is 35.1 Å². The van der Waals surface area contributed by atoms with Crippen molar-refractivity contribution in [2.24, 2.45) is 5.92 Å². The second-order valence-electron chi connectivity index (χ2n) is 4.54. The average Bonchev–Trinajstić information content (AvgIpc) is 3.02. The van der Waals surface area contributed by atoms with Crippen LogP contribution in [0.4, 0.5) is 4.39 Å². The summed E-state index contributed by atoms with van der Waals surface area (Å²) in [4.78, 5) is 0. The van der Waals surface area contributed by atoms with E-state index in [1.165, 1.54) is 6.07 Å². The normalized spacial score (nSPS) is 17.8. The molecule has 0 aliphatic heterocycles. The number of aliphatic hydroxyl groups is 1. The Balaban J connectivity index is 1.94. The van der Waals surface area contributed by atoms with E-state index < -0.39 is 0 Å². The van der Waals surface area contributed by atoms with E-state index in [0.29, 0.717) is 18.8 Å². The molecule has 0 aromatic heterocycles. The molecule has 0 bridgehead atoms. The van der Waals surface area contributed by atoms with Crippen LogP contribution in [0, 0.1) is 18.7 Å². The van der Waals surface area contributed by atoms with E-state index in [4.69, 9.17) is 0 Å². The quantitative estimate of drug-likeness (QED) is 0.806. The highest BCUT2D eigenvalue weighted by atomic mass is 19.1. The van der Waals surface area contributed by atoms with Gasteiger partial charge in [0.2, 0.25) is 0 Å². The van der Waals surface area contributed by atoms with Crippen LogP contribution in [0.15, 0.2) is 18.2 Å². The molecule has 0 saturated heterocycles. The number of aliphatic hydroxyl groups excluding tert-OH is 1. The third-order valence-corrected chi connectivity index (χ3v) is 3.08. The lowest BCUT2D eigenvalue weighted by Crippen LogP contribution is -2.10. The van der Waals surface area contributed by atoms with Gasteiger partial charge < -0.3 is 5.11 Å². The van der Waals surface area contributed by atoms with Gasteiger partial charge in [-0.15, -0.1) is 0 Å². The van der Waals surface area contributed by atoms with Gasteiger partial charge in [-0.3, -0.25) is 0 Å². The number of rotatable bonds is 4. The summed E-state index contributed by atoms with van der Waals surface area (Å²) in [6, 6.07) is 5.15. The maximum atomic E-state index is 13.4. The van der Waals surface area contributed by atoms with Gasteiger partial charge in [0.15, 0.2) is 0 Å². The number of hydrogen-bond donors (Lipinski definition) is 1. The van der Waals surface area contributed by atoms with E-state index in [1.54, 1.807) is 6.07 Å². The van der Waals surface area contributed by atoms with Crippen molar-refractivity contribution < 1.29 is 9.50 Å². The number of aryl methyl sites for hydroxylation is 2. The van der Waals surface area contributed by atoms with E-state index in [1.807, 2.05) is 13.0 Å². The number of halogens is 1. The van der Waals surface area contributed by atoms with Gasteiger partial charge in [-0.2, -0.15) is 0 Å². The highest BCUT2D eigenvalue weighted by molar-refractivity contribution is 5.24. The number of benzene rings is 1. The third kappa shape index (κ3) is 2.78. The van der Waals surface area contributed by atoms with Crippen LogP contribution in [0.1, 0.15) is 30.4 Å². The van der Waals surface area contributed by atoms with Crippen molar-refractivity contribution in [2.45, 2.75) is 38.7 Å². The minimum absolute atomic E-state index is 0.149. The average molecular weight is 208 g/mol. The topological polar surface area (TPSA) is 20.2 Å². The molecule has 1 unspecified atom stereocenters. The van der Waals surface area contributed by atoms with Crippen LogP contribution < -0.4 is 0 Å². The molecule has 1 aromatic rings. The standard InChI is InChI=1S/C13H17FO/c1-9-2-6-12(14)11(8-9)5-7-13(15)10-3-4-10/h2,6,8,10,13,15H,3-5,7H2,1H3. The van der Waals surface area contributed by atoms with Gasteiger partial charge in [0.25, 0.3) is 0 Å². The molecule has 0 radical (unpaired) electrons. The summed E-state index contributed by atoms with van der Waals surface area (Å²) < 4.78 is 13.4. The molecule has 1 aliphatic carbocycles. The first-order valence-corrected chi connectivity index (χ1v) is 5.60. The van der Waals surface area contributed by atoms with Gasteiger partial charge in [0.1, 0.15) is 5.82 Å². The van der Waals surface area contributed by atoms with Gasteiger partial charge in [-0.25, -0.2) is 4.39 Å². The molecule has 2 heteroatoms. The highest BCUT2D eigenvalue weighted by Gasteiger charge is 2.29. The van der Waals surface area contributed by atoms with Crippen molar-refractivity contribution in [1.29, 1.82) is 0 Å². The van der Waals surface area contributed by atoms with Crippen LogP contribution in [0.3, 0.4) is 0 Å². The summed E-state index contributed by atoms with van der Waals surface area (Å²) in [7, 11) is 0. The fourth-order valence-electron chi connectivity index (χ4n) is 1.92. The second-order valence-corrected chi connectivity index (χ2v) is 4.54. The molecule has 1 fully saturated rings. The highest BCUT2D eigenvalue weighted by Crippen LogP contribution is 2.34. The van der Waals surface area contributed by atoms with Crippen LogP contribution in [0.5, 0.6) is 0 Å². The molecule has 15 heavy (non-hydrogen) atoms. The Morgan fingerprint density at radius 3 is 2.87 bits per heavy atom. The fourth-order valence-corrected chi connectivity index (χ4v) is 1.92. The lowest BCUT2D eigenvalue weighted by Gasteiger charge is -2.09. The maximum absolute atomic E-state index is 13.4. The summed E-state index contributed by atoms with van der Waals surface area (Å²) in [5.41, 5.74) is 1.81. The summed E-state index contributed by atoms with van der Waals surface area (Å²) in [6.45, 7) is 1.96. The predicted molar refractivity (Wildman–Crippen MR) is 58.2 cm³/mol. The van der Waals surface area contributed by atoms with Gasteiger partial charge in [0.05, 0.1) is 6.10 Å². The maximum Gasteiger partial charge on any atom is 0.126 e. The Kier molecular flexibility index (Phi) is 3.06. The Morgan fingerprint density at radius 2 is 2.20 bits per heavy atom. The molecular weight excluding hydrogens is 191 g/mol. The van der Waals surface area contributed by atoms with Crippen LogP contribution in [-0.2, 0) is 6.42 Å². The zero-order valence-electron chi connectivity index (χ0n) is 9.04. The zero-order valence-corrected chi connectivity index (χ0v) is 9.04. The number of hydrogen-bond acceptors (Lipinski definition) is 1. The van der Waals surface area contributed by atoms with Crippen molar-refractivity contribution in [3.63, 3.8) is 0 Å². The Bertz CT molecular complexity index is 344. The molecule has 1 N–H and O–H groups in total. The van der Waals surface area contributed by atoms with Gasteiger partial charge >= 0.3 is 0 Å². The molecule has 1 aromatic carbocycles. The first-order valence-electron chi connectivity index (χ1n) is 5.60. The molecule has 1 nitrogen and oxygen atoms in total. The molecular formula is C13H17FO. The molecule has 0 amide bonds. The molecule has 82 valence electrons. The fraction of sp³-hybridized carbons (Fsp3) is 0.538. The minimum Gasteiger partial charge on any atom is -0.393 e. The van der Waals surface area contributed by atoms with E-state index >= 15 is 0 Å². The molecule has 1 aliphatic rings. The lowest BCUT2D eigenvalue weighted by atomic mass is 10.0. The Labute approximate surface area is 89.9 Å². The van der Waals surface area contributed by atoms with E-state index in [2.05, 4.69) is 0 Å². The van der Waals surface area contributed by atoms with Crippen LogP contribution >= 0.6 is 0 Å². The van der Waals surface area contributed by atoms with Crippen molar-refractivity contribution in [2.75, 3.05) is 0 Å². The van der Waals surface area contributed by atoms with Crippen LogP contribution in [-0.4, -0.2) is 11.2 Å². The van der Waals surface area contributed by atoms with Gasteiger partial charge in [-0.05, 0) is 50.2 Å². The van der Waals surface area contributed by atoms with E-state index in [9.17, 15) is 9.50 Å². The van der Waals surface area contributed by atoms with Gasteiger partial charge in [0, 0.05) is 0 Å². The third-order valence-electron chi connectivity index (χ3n) is 3.08. The predicted octanol–water partition coefficient (Wildman–Crippen LogP) is 2.84. The Morgan fingerprint density at radius 1 is 1.47 bits per heavy atom. The second kappa shape index (κ2) is 4.31. The van der Waals surface area contributed by atoms with Crippen molar-refractivity contribution in [3.8, 4) is 0 Å². The zero-order chi connectivity index (χ0) is 10.8. The monoisotopic (exact) mass is 208 g/mol. The van der Waals surface area contributed by atoms with Crippen molar-refractivity contribution >= 4 is 0 Å². The minimum atomic E-state index is -0.232. The first-order chi connectivity index (χ1) is 7.16. The molecule has 0 heterocycles. The van der Waals surface area contributed by atoms with Crippen molar-refractivity contribution in [1.82, 2.24) is 0 Å². The molecule has 1 atom stereocenters. The summed E-state index contributed by atoms with van der Waals surface area (Å²) in [6.07, 6.45) is 3.37. The molecule has 0 spiro atoms. The SMILES string of the molecule is Cc1ccc(F)c(CCC(O)C2CC2)c1. The van der Waals surface area contributed by atoms with Crippen LogP contribution in [0.25, 0.3) is 0 Å². The lowest BCUT2D eigenvalue weighted by molar-refractivity contribution is 0.141. The van der Waals surface area contributed by atoms with E-state index in [-0.39, 0.29) is 11.9 Å². The molecule has 2 rings (SSSR count).